The molecule has 11 heteroatoms. The molecule has 2 amide bonds. The lowest BCUT2D eigenvalue weighted by Gasteiger charge is -2.34. The minimum atomic E-state index is -1.13. The lowest BCUT2D eigenvalue weighted by atomic mass is 9.87. The molecule has 0 radical (unpaired) electrons. The Balaban J connectivity index is 0.000000316. The molecule has 318 valence electrons. The predicted octanol–water partition coefficient (Wildman–Crippen LogP) is 9.09. The Morgan fingerprint density at radius 2 is 1.08 bits per heavy atom. The van der Waals surface area contributed by atoms with Crippen LogP contribution >= 0.6 is 0 Å². The topological polar surface area (TPSA) is 138 Å². The Labute approximate surface area is 350 Å². The second-order valence-electron chi connectivity index (χ2n) is 14.5. The fourth-order valence-electron chi connectivity index (χ4n) is 6.77. The molecular weight excluding hydrogens is 749 g/mol. The van der Waals surface area contributed by atoms with E-state index in [4.69, 9.17) is 23.7 Å². The van der Waals surface area contributed by atoms with Crippen LogP contribution in [0.4, 0.5) is 4.79 Å². The summed E-state index contributed by atoms with van der Waals surface area (Å²) in [5.41, 5.74) is 2.65. The largest absolute Gasteiger partial charge is 0.489 e. The molecule has 0 bridgehead atoms. The first kappa shape index (κ1) is 47.5. The van der Waals surface area contributed by atoms with E-state index in [0.717, 1.165) is 53.0 Å². The number of esters is 2. The van der Waals surface area contributed by atoms with Crippen LogP contribution < -0.4 is 20.1 Å². The maximum atomic E-state index is 12.7. The predicted molar refractivity (Wildman–Crippen MR) is 229 cm³/mol. The number of hydrogen-bond acceptors (Lipinski definition) is 9. The average molecular weight is 811 g/mol. The van der Waals surface area contributed by atoms with E-state index in [1.807, 2.05) is 116 Å². The Bertz CT molecular complexity index is 1870. The summed E-state index contributed by atoms with van der Waals surface area (Å²) in [5, 5.41) is 5.76. The molecule has 0 heterocycles. The molecule has 0 saturated carbocycles. The molecule has 0 fully saturated rings. The number of benzene rings is 4. The molecule has 0 saturated heterocycles. The summed E-state index contributed by atoms with van der Waals surface area (Å²) in [5.74, 6) is 0.674. The van der Waals surface area contributed by atoms with E-state index in [1.165, 1.54) is 21.0 Å². The summed E-state index contributed by atoms with van der Waals surface area (Å²) in [4.78, 5) is 47.8. The minimum absolute atomic E-state index is 0.120. The van der Waals surface area contributed by atoms with Crippen LogP contribution in [-0.4, -0.2) is 55.3 Å². The number of carbonyl (C=O) groups is 4. The van der Waals surface area contributed by atoms with Gasteiger partial charge in [0.15, 0.2) is 0 Å². The fourth-order valence-corrected chi connectivity index (χ4v) is 6.77. The number of methoxy groups -OCH3 is 1. The first-order valence-electron chi connectivity index (χ1n) is 20.4. The lowest BCUT2D eigenvalue weighted by Crippen LogP contribution is -2.55. The number of carbonyl (C=O) groups excluding carboxylic acids is 4. The second-order valence-corrected chi connectivity index (χ2v) is 14.5. The van der Waals surface area contributed by atoms with Gasteiger partial charge in [-0.05, 0) is 92.0 Å². The van der Waals surface area contributed by atoms with Crippen LogP contribution in [0.5, 0.6) is 11.5 Å². The summed E-state index contributed by atoms with van der Waals surface area (Å²) in [7, 11) is 1.28. The van der Waals surface area contributed by atoms with Crippen molar-refractivity contribution in [1.82, 2.24) is 10.6 Å². The number of rotatable bonds is 22. The summed E-state index contributed by atoms with van der Waals surface area (Å²) >= 11 is 0. The van der Waals surface area contributed by atoms with Gasteiger partial charge in [-0.3, -0.25) is 9.59 Å². The smallest absolute Gasteiger partial charge is 0.407 e. The van der Waals surface area contributed by atoms with E-state index >= 15 is 0 Å². The molecule has 0 aromatic heterocycles. The SMILES string of the molecule is CCCC(CCc1cccc(OCc2ccccc2)c1)(COC(C)=O)NC(C)=O.CCCC(CCc1cccc(OCc2ccccc2)c1)(NC(=O)OC)C(=O)OCC. The molecule has 4 rings (SSSR count). The molecule has 0 aliphatic heterocycles. The van der Waals surface area contributed by atoms with Gasteiger partial charge in [0.2, 0.25) is 5.91 Å². The third-order valence-electron chi connectivity index (χ3n) is 9.62. The van der Waals surface area contributed by atoms with Gasteiger partial charge in [-0.25, -0.2) is 9.59 Å². The van der Waals surface area contributed by atoms with E-state index in [1.54, 1.807) is 6.92 Å². The van der Waals surface area contributed by atoms with Gasteiger partial charge in [0.1, 0.15) is 36.9 Å². The van der Waals surface area contributed by atoms with Gasteiger partial charge >= 0.3 is 18.0 Å². The molecule has 0 spiro atoms. The van der Waals surface area contributed by atoms with Gasteiger partial charge in [0.25, 0.3) is 0 Å². The number of hydrogen-bond donors (Lipinski definition) is 2. The number of nitrogens with one attached hydrogen (secondary N) is 2. The van der Waals surface area contributed by atoms with Crippen LogP contribution in [0.15, 0.2) is 109 Å². The molecular formula is C48H62N2O9. The average Bonchev–Trinajstić information content (AvgIpc) is 3.24. The fraction of sp³-hybridized carbons (Fsp3) is 0.417. The maximum Gasteiger partial charge on any atom is 0.407 e. The van der Waals surface area contributed by atoms with Gasteiger partial charge in [-0.1, -0.05) is 112 Å². The summed E-state index contributed by atoms with van der Waals surface area (Å²) in [6.45, 7) is 10.1. The maximum absolute atomic E-state index is 12.7. The Kier molecular flexibility index (Phi) is 20.5. The van der Waals surface area contributed by atoms with Crippen molar-refractivity contribution in [3.05, 3.63) is 131 Å². The monoisotopic (exact) mass is 810 g/mol. The number of aryl methyl sites for hydroxylation is 2. The summed E-state index contributed by atoms with van der Waals surface area (Å²) in [6.07, 6.45) is 4.54. The Morgan fingerprint density at radius 3 is 1.54 bits per heavy atom. The number of alkyl carbamates (subject to hydrolysis) is 1. The highest BCUT2D eigenvalue weighted by Gasteiger charge is 2.40. The highest BCUT2D eigenvalue weighted by atomic mass is 16.6. The molecule has 0 aliphatic rings. The zero-order valence-corrected chi connectivity index (χ0v) is 35.6. The zero-order chi connectivity index (χ0) is 42.9. The normalized spacial score (nSPS) is 12.6. The highest BCUT2D eigenvalue weighted by Crippen LogP contribution is 2.26. The standard InChI is InChI=1S/C24H31NO5.C24H31NO4/c1-4-15-24(22(26)29-5-2,25-23(27)28-3)16-14-19-12-9-13-21(17-19)30-18-20-10-7-6-8-11-20;1-4-14-24(25-19(2)26,18-29-20(3)27)15-13-21-11-8-12-23(16-21)28-17-22-9-6-5-7-10-22/h6-13,17H,4-5,14-16,18H2,1-3H3,(H,25,27);5-12,16H,4,13-15,17-18H2,1-3H3,(H,25,26). The minimum Gasteiger partial charge on any atom is -0.489 e. The summed E-state index contributed by atoms with van der Waals surface area (Å²) < 4.78 is 27.1. The number of ether oxygens (including phenoxy) is 5. The Hall–Kier alpha value is -5.84. The first-order valence-corrected chi connectivity index (χ1v) is 20.4. The van der Waals surface area contributed by atoms with Crippen LogP contribution in [-0.2, 0) is 54.6 Å². The molecule has 0 aliphatic carbocycles. The van der Waals surface area contributed by atoms with Gasteiger partial charge in [0, 0.05) is 13.8 Å². The molecule has 4 aromatic carbocycles. The third kappa shape index (κ3) is 17.3. The molecule has 2 N–H and O–H groups in total. The quantitative estimate of drug-likeness (QED) is 0.0588. The van der Waals surface area contributed by atoms with Crippen molar-refractivity contribution in [1.29, 1.82) is 0 Å². The molecule has 2 atom stereocenters. The van der Waals surface area contributed by atoms with Crippen molar-refractivity contribution in [2.24, 2.45) is 0 Å². The van der Waals surface area contributed by atoms with Crippen molar-refractivity contribution in [3.8, 4) is 11.5 Å². The van der Waals surface area contributed by atoms with Gasteiger partial charge in [-0.15, -0.1) is 0 Å². The molecule has 59 heavy (non-hydrogen) atoms. The van der Waals surface area contributed by atoms with Gasteiger partial charge < -0.3 is 34.3 Å². The van der Waals surface area contributed by atoms with Crippen molar-refractivity contribution in [3.63, 3.8) is 0 Å². The second kappa shape index (κ2) is 25.5. The van der Waals surface area contributed by atoms with E-state index in [0.29, 0.717) is 45.3 Å². The van der Waals surface area contributed by atoms with Crippen LogP contribution in [0.25, 0.3) is 0 Å². The van der Waals surface area contributed by atoms with Crippen LogP contribution in [0.1, 0.15) is 95.4 Å². The van der Waals surface area contributed by atoms with Crippen molar-refractivity contribution in [2.45, 2.75) is 110 Å². The van der Waals surface area contributed by atoms with Crippen molar-refractivity contribution >= 4 is 23.9 Å². The van der Waals surface area contributed by atoms with Crippen LogP contribution in [0, 0.1) is 0 Å². The van der Waals surface area contributed by atoms with E-state index in [9.17, 15) is 19.2 Å². The molecule has 11 nitrogen and oxygen atoms in total. The van der Waals surface area contributed by atoms with Crippen molar-refractivity contribution in [2.75, 3.05) is 20.3 Å². The number of amides is 2. The van der Waals surface area contributed by atoms with Gasteiger partial charge in [-0.2, -0.15) is 0 Å². The van der Waals surface area contributed by atoms with E-state index in [-0.39, 0.29) is 25.1 Å². The van der Waals surface area contributed by atoms with Crippen LogP contribution in [0.3, 0.4) is 0 Å². The zero-order valence-electron chi connectivity index (χ0n) is 35.6. The first-order chi connectivity index (χ1) is 28.4. The van der Waals surface area contributed by atoms with Crippen LogP contribution in [0.2, 0.25) is 0 Å². The van der Waals surface area contributed by atoms with Crippen molar-refractivity contribution < 1.29 is 42.9 Å². The Morgan fingerprint density at radius 1 is 0.576 bits per heavy atom. The van der Waals surface area contributed by atoms with E-state index < -0.39 is 23.1 Å². The molecule has 2 unspecified atom stereocenters. The summed E-state index contributed by atoms with van der Waals surface area (Å²) in [6, 6.07) is 35.8. The van der Waals surface area contributed by atoms with Gasteiger partial charge in [0.05, 0.1) is 19.3 Å². The third-order valence-corrected chi connectivity index (χ3v) is 9.62. The highest BCUT2D eigenvalue weighted by molar-refractivity contribution is 5.85. The van der Waals surface area contributed by atoms with E-state index in [2.05, 4.69) is 17.6 Å². The lowest BCUT2D eigenvalue weighted by molar-refractivity contribution is -0.151. The molecule has 4 aromatic rings.